The van der Waals surface area contributed by atoms with Crippen molar-refractivity contribution in [3.8, 4) is 0 Å². The van der Waals surface area contributed by atoms with Gasteiger partial charge in [0.25, 0.3) is 0 Å². The molecule has 0 saturated carbocycles. The Morgan fingerprint density at radius 1 is 1.29 bits per heavy atom. The predicted octanol–water partition coefficient (Wildman–Crippen LogP) is 3.72. The van der Waals surface area contributed by atoms with E-state index in [0.717, 1.165) is 29.5 Å². The number of nitrogens with one attached hydrogen (secondary N) is 1. The Hall–Kier alpha value is -1.00. The van der Waals surface area contributed by atoms with E-state index in [9.17, 15) is 0 Å². The molecule has 1 aromatic carbocycles. The van der Waals surface area contributed by atoms with Crippen molar-refractivity contribution in [1.29, 1.82) is 0 Å². The SMILES string of the molecule is CCC(C)SCC(Cc1nc2ccccc2n1CC)NC. The first-order valence-corrected chi connectivity index (χ1v) is 8.97. The number of para-hydroxylation sites is 2. The number of benzene rings is 1. The van der Waals surface area contributed by atoms with Crippen molar-refractivity contribution in [2.24, 2.45) is 0 Å². The van der Waals surface area contributed by atoms with Gasteiger partial charge < -0.3 is 9.88 Å². The maximum Gasteiger partial charge on any atom is 0.111 e. The minimum atomic E-state index is 0.478. The van der Waals surface area contributed by atoms with E-state index in [1.165, 1.54) is 17.8 Å². The normalized spacial score (nSPS) is 14.5. The number of aryl methyl sites for hydroxylation is 1. The minimum Gasteiger partial charge on any atom is -0.328 e. The predicted molar refractivity (Wildman–Crippen MR) is 94.2 cm³/mol. The molecule has 2 aromatic rings. The lowest BCUT2D eigenvalue weighted by Crippen LogP contribution is -2.31. The van der Waals surface area contributed by atoms with Gasteiger partial charge in [-0.3, -0.25) is 0 Å². The molecule has 2 atom stereocenters. The summed E-state index contributed by atoms with van der Waals surface area (Å²) in [5.41, 5.74) is 2.36. The van der Waals surface area contributed by atoms with E-state index in [1.807, 2.05) is 11.8 Å². The summed E-state index contributed by atoms with van der Waals surface area (Å²) in [6, 6.07) is 8.90. The van der Waals surface area contributed by atoms with E-state index >= 15 is 0 Å². The third-order valence-electron chi connectivity index (χ3n) is 4.04. The highest BCUT2D eigenvalue weighted by Gasteiger charge is 2.15. The van der Waals surface area contributed by atoms with Gasteiger partial charge in [0.15, 0.2) is 0 Å². The summed E-state index contributed by atoms with van der Waals surface area (Å²) in [5.74, 6) is 2.33. The van der Waals surface area contributed by atoms with E-state index in [-0.39, 0.29) is 0 Å². The molecule has 0 aliphatic rings. The Labute approximate surface area is 132 Å². The van der Waals surface area contributed by atoms with Crippen LogP contribution in [0.1, 0.15) is 33.0 Å². The highest BCUT2D eigenvalue weighted by Crippen LogP contribution is 2.19. The average molecular weight is 305 g/mol. The summed E-state index contributed by atoms with van der Waals surface area (Å²) in [4.78, 5) is 4.83. The van der Waals surface area contributed by atoms with Crippen molar-refractivity contribution in [3.63, 3.8) is 0 Å². The summed E-state index contributed by atoms with van der Waals surface area (Å²) < 4.78 is 2.34. The van der Waals surface area contributed by atoms with Gasteiger partial charge in [0.05, 0.1) is 11.0 Å². The van der Waals surface area contributed by atoms with E-state index < -0.39 is 0 Å². The second kappa shape index (κ2) is 7.85. The van der Waals surface area contributed by atoms with Crippen molar-refractivity contribution in [1.82, 2.24) is 14.9 Å². The fourth-order valence-corrected chi connectivity index (χ4v) is 3.58. The standard InChI is InChI=1S/C17H27N3S/c1-5-13(3)21-12-14(18-4)11-17-19-15-9-7-8-10-16(15)20(17)6-2/h7-10,13-14,18H,5-6,11-12H2,1-4H3. The van der Waals surface area contributed by atoms with Gasteiger partial charge in [-0.05, 0) is 32.5 Å². The smallest absolute Gasteiger partial charge is 0.111 e. The zero-order chi connectivity index (χ0) is 15.2. The molecule has 3 nitrogen and oxygen atoms in total. The molecule has 1 N–H and O–H groups in total. The molecule has 1 aromatic heterocycles. The van der Waals surface area contributed by atoms with Gasteiger partial charge in [-0.1, -0.05) is 26.0 Å². The van der Waals surface area contributed by atoms with Gasteiger partial charge in [-0.25, -0.2) is 4.98 Å². The molecule has 0 aliphatic carbocycles. The van der Waals surface area contributed by atoms with Crippen molar-refractivity contribution >= 4 is 22.8 Å². The Morgan fingerprint density at radius 2 is 2.05 bits per heavy atom. The van der Waals surface area contributed by atoms with Crippen LogP contribution in [0.3, 0.4) is 0 Å². The molecular formula is C17H27N3S. The average Bonchev–Trinajstić information content (AvgIpc) is 2.87. The van der Waals surface area contributed by atoms with Crippen molar-refractivity contribution in [2.45, 2.75) is 51.4 Å². The first-order valence-electron chi connectivity index (χ1n) is 7.92. The van der Waals surface area contributed by atoms with Crippen LogP contribution in [0, 0.1) is 0 Å². The van der Waals surface area contributed by atoms with Crippen LogP contribution in [0.5, 0.6) is 0 Å². The Morgan fingerprint density at radius 3 is 2.71 bits per heavy atom. The Kier molecular flexibility index (Phi) is 6.12. The zero-order valence-corrected chi connectivity index (χ0v) is 14.4. The molecule has 0 spiro atoms. The van der Waals surface area contributed by atoms with Crippen LogP contribution < -0.4 is 5.32 Å². The molecule has 2 unspecified atom stereocenters. The van der Waals surface area contributed by atoms with E-state index in [4.69, 9.17) is 4.98 Å². The van der Waals surface area contributed by atoms with Crippen LogP contribution in [0.15, 0.2) is 24.3 Å². The van der Waals surface area contributed by atoms with Crippen molar-refractivity contribution in [2.75, 3.05) is 12.8 Å². The lowest BCUT2D eigenvalue weighted by Gasteiger charge is -2.18. The van der Waals surface area contributed by atoms with E-state index in [0.29, 0.717) is 6.04 Å². The molecular weight excluding hydrogens is 278 g/mol. The monoisotopic (exact) mass is 305 g/mol. The van der Waals surface area contributed by atoms with Crippen molar-refractivity contribution in [3.05, 3.63) is 30.1 Å². The first-order chi connectivity index (χ1) is 10.2. The number of hydrogen-bond acceptors (Lipinski definition) is 3. The van der Waals surface area contributed by atoms with E-state index in [2.05, 4.69) is 62.0 Å². The summed E-state index contributed by atoms with van der Waals surface area (Å²) >= 11 is 2.05. The second-order valence-corrected chi connectivity index (χ2v) is 6.97. The van der Waals surface area contributed by atoms with Gasteiger partial charge in [0.1, 0.15) is 5.82 Å². The van der Waals surface area contributed by atoms with E-state index in [1.54, 1.807) is 0 Å². The summed E-state index contributed by atoms with van der Waals surface area (Å²) in [7, 11) is 2.06. The second-order valence-electron chi connectivity index (χ2n) is 5.50. The van der Waals surface area contributed by atoms with Crippen LogP contribution in [-0.4, -0.2) is 33.6 Å². The Bertz CT molecular complexity index is 564. The molecule has 0 aliphatic heterocycles. The summed E-state index contributed by atoms with van der Waals surface area (Å²) in [5, 5.41) is 4.18. The van der Waals surface area contributed by atoms with Crippen LogP contribution in [0.25, 0.3) is 11.0 Å². The third kappa shape index (κ3) is 4.01. The highest BCUT2D eigenvalue weighted by atomic mass is 32.2. The van der Waals surface area contributed by atoms with Gasteiger partial charge in [-0.2, -0.15) is 11.8 Å². The van der Waals surface area contributed by atoms with Crippen LogP contribution in [-0.2, 0) is 13.0 Å². The molecule has 21 heavy (non-hydrogen) atoms. The maximum absolute atomic E-state index is 4.83. The molecule has 116 valence electrons. The quantitative estimate of drug-likeness (QED) is 0.806. The number of fused-ring (bicyclic) bond motifs is 1. The summed E-state index contributed by atoms with van der Waals surface area (Å²) in [6.45, 7) is 7.73. The lowest BCUT2D eigenvalue weighted by atomic mass is 10.2. The van der Waals surface area contributed by atoms with Gasteiger partial charge >= 0.3 is 0 Å². The molecule has 0 fully saturated rings. The molecule has 0 saturated heterocycles. The fraction of sp³-hybridized carbons (Fsp3) is 0.588. The minimum absolute atomic E-state index is 0.478. The molecule has 2 rings (SSSR count). The number of imidazole rings is 1. The van der Waals surface area contributed by atoms with Gasteiger partial charge in [0, 0.05) is 30.0 Å². The first kappa shape index (κ1) is 16.4. The van der Waals surface area contributed by atoms with Crippen molar-refractivity contribution < 1.29 is 0 Å². The maximum atomic E-state index is 4.83. The molecule has 0 bridgehead atoms. The Balaban J connectivity index is 2.13. The number of likely N-dealkylation sites (N-methyl/N-ethyl adjacent to an activating group) is 1. The van der Waals surface area contributed by atoms with Crippen LogP contribution in [0.2, 0.25) is 0 Å². The number of hydrogen-bond donors (Lipinski definition) is 1. The highest BCUT2D eigenvalue weighted by molar-refractivity contribution is 7.99. The zero-order valence-electron chi connectivity index (χ0n) is 13.6. The van der Waals surface area contributed by atoms with Crippen LogP contribution >= 0.6 is 11.8 Å². The number of nitrogens with zero attached hydrogens (tertiary/aromatic N) is 2. The number of rotatable bonds is 8. The fourth-order valence-electron chi connectivity index (χ4n) is 2.50. The number of aromatic nitrogens is 2. The number of thioether (sulfide) groups is 1. The lowest BCUT2D eigenvalue weighted by molar-refractivity contribution is 0.576. The largest absolute Gasteiger partial charge is 0.328 e. The van der Waals surface area contributed by atoms with Crippen LogP contribution in [0.4, 0.5) is 0 Å². The third-order valence-corrected chi connectivity index (χ3v) is 5.54. The molecule has 1 heterocycles. The summed E-state index contributed by atoms with van der Waals surface area (Å²) in [6.07, 6.45) is 2.22. The van der Waals surface area contributed by atoms with Gasteiger partial charge in [0.2, 0.25) is 0 Å². The molecule has 4 heteroatoms. The topological polar surface area (TPSA) is 29.9 Å². The molecule has 0 amide bonds. The molecule has 0 radical (unpaired) electrons. The van der Waals surface area contributed by atoms with Gasteiger partial charge in [-0.15, -0.1) is 0 Å².